The molecule has 0 bridgehead atoms. The number of rotatable bonds is 7. The molecule has 0 atom stereocenters. The maximum absolute atomic E-state index is 12.8. The van der Waals surface area contributed by atoms with Gasteiger partial charge >= 0.3 is 6.18 Å². The largest absolute Gasteiger partial charge is 0.493 e. The van der Waals surface area contributed by atoms with Crippen molar-refractivity contribution in [2.75, 3.05) is 7.11 Å². The predicted molar refractivity (Wildman–Crippen MR) is 120 cm³/mol. The van der Waals surface area contributed by atoms with E-state index in [-0.39, 0.29) is 17.2 Å². The second-order valence-corrected chi connectivity index (χ2v) is 7.57. The van der Waals surface area contributed by atoms with Gasteiger partial charge < -0.3 is 9.47 Å². The number of carbonyl (C=O) groups excluding carboxylic acids is 1. The molecule has 0 saturated heterocycles. The van der Waals surface area contributed by atoms with E-state index in [1.165, 1.54) is 19.4 Å². The third kappa shape index (κ3) is 6.63. The summed E-state index contributed by atoms with van der Waals surface area (Å²) >= 11 is 12.2. The molecule has 33 heavy (non-hydrogen) atoms. The van der Waals surface area contributed by atoms with Crippen LogP contribution in [0.4, 0.5) is 13.2 Å². The van der Waals surface area contributed by atoms with Crippen molar-refractivity contribution in [3.63, 3.8) is 0 Å². The topological polar surface area (TPSA) is 59.9 Å². The van der Waals surface area contributed by atoms with Gasteiger partial charge in [0.25, 0.3) is 5.91 Å². The second kappa shape index (κ2) is 10.6. The van der Waals surface area contributed by atoms with Crippen LogP contribution in [0.1, 0.15) is 27.0 Å². The maximum atomic E-state index is 12.8. The van der Waals surface area contributed by atoms with E-state index in [1.54, 1.807) is 24.3 Å². The minimum Gasteiger partial charge on any atom is -0.493 e. The predicted octanol–water partition coefficient (Wildman–Crippen LogP) is 6.36. The number of benzene rings is 3. The highest BCUT2D eigenvalue weighted by Crippen LogP contribution is 2.36. The summed E-state index contributed by atoms with van der Waals surface area (Å²) in [6.07, 6.45) is -3.27. The van der Waals surface area contributed by atoms with Crippen molar-refractivity contribution >= 4 is 35.3 Å². The lowest BCUT2D eigenvalue weighted by molar-refractivity contribution is -0.137. The Hall–Kier alpha value is -3.23. The minimum absolute atomic E-state index is 0.177. The molecule has 3 rings (SSSR count). The number of methoxy groups -OCH3 is 1. The molecule has 172 valence electrons. The van der Waals surface area contributed by atoms with Crippen molar-refractivity contribution in [1.29, 1.82) is 0 Å². The van der Waals surface area contributed by atoms with Crippen molar-refractivity contribution in [1.82, 2.24) is 5.43 Å². The van der Waals surface area contributed by atoms with Crippen LogP contribution in [0.5, 0.6) is 11.5 Å². The van der Waals surface area contributed by atoms with E-state index in [0.29, 0.717) is 22.1 Å². The third-order valence-electron chi connectivity index (χ3n) is 4.38. The van der Waals surface area contributed by atoms with Gasteiger partial charge in [0.15, 0.2) is 11.5 Å². The fourth-order valence-corrected chi connectivity index (χ4v) is 3.16. The zero-order valence-electron chi connectivity index (χ0n) is 17.1. The lowest BCUT2D eigenvalue weighted by Gasteiger charge is -2.13. The first-order chi connectivity index (χ1) is 15.7. The molecule has 3 aromatic rings. The molecule has 1 amide bonds. The Morgan fingerprint density at radius 2 is 1.82 bits per heavy atom. The van der Waals surface area contributed by atoms with Crippen LogP contribution in [0.3, 0.4) is 0 Å². The number of hydrogen-bond acceptors (Lipinski definition) is 4. The van der Waals surface area contributed by atoms with Crippen LogP contribution in [-0.4, -0.2) is 19.2 Å². The third-order valence-corrected chi connectivity index (χ3v) is 4.91. The Kier molecular flexibility index (Phi) is 7.84. The van der Waals surface area contributed by atoms with E-state index >= 15 is 0 Å². The number of ether oxygens (including phenoxy) is 2. The van der Waals surface area contributed by atoms with E-state index in [2.05, 4.69) is 10.5 Å². The molecule has 0 spiro atoms. The zero-order chi connectivity index (χ0) is 24.0. The number of halogens is 5. The number of alkyl halides is 3. The SMILES string of the molecule is COc1cc(/C=N\NC(=O)c2cccc(C(F)(F)F)c2)cc(Cl)c1OCc1ccc(Cl)cc1. The van der Waals surface area contributed by atoms with Gasteiger partial charge in [0.05, 0.1) is 23.9 Å². The Bertz CT molecular complexity index is 1170. The molecule has 0 radical (unpaired) electrons. The second-order valence-electron chi connectivity index (χ2n) is 6.73. The summed E-state index contributed by atoms with van der Waals surface area (Å²) in [7, 11) is 1.44. The van der Waals surface area contributed by atoms with Crippen molar-refractivity contribution in [2.24, 2.45) is 5.10 Å². The van der Waals surface area contributed by atoms with Gasteiger partial charge in [-0.15, -0.1) is 0 Å². The molecule has 0 aromatic heterocycles. The molecule has 5 nitrogen and oxygen atoms in total. The number of amides is 1. The van der Waals surface area contributed by atoms with Gasteiger partial charge in [-0.25, -0.2) is 5.43 Å². The highest BCUT2D eigenvalue weighted by molar-refractivity contribution is 6.32. The van der Waals surface area contributed by atoms with E-state index in [9.17, 15) is 18.0 Å². The highest BCUT2D eigenvalue weighted by Gasteiger charge is 2.30. The van der Waals surface area contributed by atoms with Crippen LogP contribution in [0.15, 0.2) is 65.8 Å². The molecule has 0 fully saturated rings. The fraction of sp³-hybridized carbons (Fsp3) is 0.130. The van der Waals surface area contributed by atoms with E-state index in [0.717, 1.165) is 23.8 Å². The summed E-state index contributed by atoms with van der Waals surface area (Å²) in [5.74, 6) is -0.139. The summed E-state index contributed by atoms with van der Waals surface area (Å²) in [5, 5.41) is 4.64. The zero-order valence-corrected chi connectivity index (χ0v) is 18.6. The van der Waals surface area contributed by atoms with Crippen LogP contribution >= 0.6 is 23.2 Å². The van der Waals surface area contributed by atoms with Crippen LogP contribution in [0, 0.1) is 0 Å². The van der Waals surface area contributed by atoms with Crippen molar-refractivity contribution < 1.29 is 27.4 Å². The van der Waals surface area contributed by atoms with Gasteiger partial charge in [0.1, 0.15) is 6.61 Å². The van der Waals surface area contributed by atoms with Crippen LogP contribution in [0.2, 0.25) is 10.0 Å². The van der Waals surface area contributed by atoms with Crippen LogP contribution in [-0.2, 0) is 12.8 Å². The summed E-state index contributed by atoms with van der Waals surface area (Å²) in [6.45, 7) is 0.230. The van der Waals surface area contributed by atoms with Crippen molar-refractivity contribution in [2.45, 2.75) is 12.8 Å². The van der Waals surface area contributed by atoms with Gasteiger partial charge in [0, 0.05) is 10.6 Å². The smallest absolute Gasteiger partial charge is 0.416 e. The number of hydrazone groups is 1. The Morgan fingerprint density at radius 1 is 1.09 bits per heavy atom. The van der Waals surface area contributed by atoms with Crippen molar-refractivity contribution in [3.8, 4) is 11.5 Å². The van der Waals surface area contributed by atoms with Gasteiger partial charge in [-0.3, -0.25) is 4.79 Å². The van der Waals surface area contributed by atoms with Crippen molar-refractivity contribution in [3.05, 3.63) is 93.0 Å². The summed E-state index contributed by atoms with van der Waals surface area (Å²) in [6, 6.07) is 14.3. The van der Waals surface area contributed by atoms with Gasteiger partial charge in [-0.1, -0.05) is 41.4 Å². The van der Waals surface area contributed by atoms with Gasteiger partial charge in [-0.2, -0.15) is 18.3 Å². The van der Waals surface area contributed by atoms with Gasteiger partial charge in [0.2, 0.25) is 0 Å². The van der Waals surface area contributed by atoms with Crippen LogP contribution < -0.4 is 14.9 Å². The summed E-state index contributed by atoms with van der Waals surface area (Å²) < 4.78 is 49.5. The fourth-order valence-electron chi connectivity index (χ4n) is 2.76. The number of nitrogens with one attached hydrogen (secondary N) is 1. The average Bonchev–Trinajstić information content (AvgIpc) is 2.78. The maximum Gasteiger partial charge on any atom is 0.416 e. The molecule has 1 N–H and O–H groups in total. The number of nitrogens with zero attached hydrogens (tertiary/aromatic N) is 1. The summed E-state index contributed by atoms with van der Waals surface area (Å²) in [4.78, 5) is 12.1. The average molecular weight is 497 g/mol. The van der Waals surface area contributed by atoms with Gasteiger partial charge in [-0.05, 0) is 53.6 Å². The lowest BCUT2D eigenvalue weighted by Crippen LogP contribution is -2.18. The molecule has 0 unspecified atom stereocenters. The quantitative estimate of drug-likeness (QED) is 0.305. The monoisotopic (exact) mass is 496 g/mol. The Balaban J connectivity index is 1.69. The first-order valence-electron chi connectivity index (χ1n) is 9.43. The lowest BCUT2D eigenvalue weighted by atomic mass is 10.1. The first kappa shape index (κ1) is 24.4. The number of carbonyl (C=O) groups is 1. The van der Waals surface area contributed by atoms with E-state index < -0.39 is 17.6 Å². The highest BCUT2D eigenvalue weighted by atomic mass is 35.5. The molecule has 0 aliphatic heterocycles. The summed E-state index contributed by atoms with van der Waals surface area (Å²) in [5.41, 5.74) is 2.43. The molecule has 0 aliphatic rings. The van der Waals surface area contributed by atoms with Crippen LogP contribution in [0.25, 0.3) is 0 Å². The molecule has 0 saturated carbocycles. The Morgan fingerprint density at radius 3 is 2.48 bits per heavy atom. The van der Waals surface area contributed by atoms with E-state index in [4.69, 9.17) is 32.7 Å². The molecule has 0 heterocycles. The molecular formula is C23H17Cl2F3N2O3. The standard InChI is InChI=1S/C23H17Cl2F3N2O3/c1-32-20-10-15(9-19(25)21(20)33-13-14-5-7-18(24)8-6-14)12-29-30-22(31)16-3-2-4-17(11-16)23(26,27)28/h2-12H,13H2,1H3,(H,30,31)/b29-12-. The first-order valence-corrected chi connectivity index (χ1v) is 10.2. The normalized spacial score (nSPS) is 11.5. The molecular weight excluding hydrogens is 480 g/mol. The van der Waals surface area contributed by atoms with E-state index in [1.807, 2.05) is 12.1 Å². The molecule has 3 aromatic carbocycles. The molecule has 0 aliphatic carbocycles. The number of hydrogen-bond donors (Lipinski definition) is 1. The molecule has 10 heteroatoms. The minimum atomic E-state index is -4.55. The Labute approximate surface area is 197 Å².